The molecule has 2 rings (SSSR count). The highest BCUT2D eigenvalue weighted by molar-refractivity contribution is 9.10. The Morgan fingerprint density at radius 3 is 2.95 bits per heavy atom. The Balaban J connectivity index is 1.86. The summed E-state index contributed by atoms with van der Waals surface area (Å²) in [7, 11) is 2.05. The van der Waals surface area contributed by atoms with Crippen molar-refractivity contribution in [3.8, 4) is 0 Å². The molecule has 0 radical (unpaired) electrons. The van der Waals surface area contributed by atoms with Crippen LogP contribution in [0.15, 0.2) is 22.7 Å². The average molecular weight is 326 g/mol. The molecule has 19 heavy (non-hydrogen) atoms. The second-order valence-corrected chi connectivity index (χ2v) is 6.27. The van der Waals surface area contributed by atoms with Crippen molar-refractivity contribution in [1.82, 2.24) is 5.32 Å². The van der Waals surface area contributed by atoms with E-state index in [2.05, 4.69) is 46.4 Å². The van der Waals surface area contributed by atoms with Crippen LogP contribution in [0.5, 0.6) is 0 Å². The summed E-state index contributed by atoms with van der Waals surface area (Å²) in [6.07, 6.45) is 6.60. The summed E-state index contributed by atoms with van der Waals surface area (Å²) in [6, 6.07) is 7.10. The number of benzene rings is 1. The Labute approximate surface area is 125 Å². The molecular formula is C16H24BrNO. The number of halogens is 1. The first-order valence-corrected chi connectivity index (χ1v) is 8.05. The molecule has 2 unspecified atom stereocenters. The minimum atomic E-state index is 0.443. The van der Waals surface area contributed by atoms with E-state index in [1.807, 2.05) is 7.05 Å². The van der Waals surface area contributed by atoms with Crippen LogP contribution in [0, 0.1) is 6.92 Å². The van der Waals surface area contributed by atoms with E-state index in [1.165, 1.54) is 47.7 Å². The average Bonchev–Trinajstić information content (AvgIpc) is 2.91. The second-order valence-electron chi connectivity index (χ2n) is 5.42. The van der Waals surface area contributed by atoms with Gasteiger partial charge < -0.3 is 10.1 Å². The fraction of sp³-hybridized carbons (Fsp3) is 0.625. The fourth-order valence-corrected chi connectivity index (χ4v) is 3.12. The summed E-state index contributed by atoms with van der Waals surface area (Å²) in [5.74, 6) is 0. The van der Waals surface area contributed by atoms with Gasteiger partial charge in [-0.15, -0.1) is 0 Å². The molecule has 3 heteroatoms. The van der Waals surface area contributed by atoms with Crippen LogP contribution in [0.1, 0.15) is 49.3 Å². The van der Waals surface area contributed by atoms with Crippen LogP contribution in [0.3, 0.4) is 0 Å². The third kappa shape index (κ3) is 4.30. The van der Waals surface area contributed by atoms with E-state index in [1.54, 1.807) is 0 Å². The zero-order valence-electron chi connectivity index (χ0n) is 11.9. The molecule has 0 spiro atoms. The van der Waals surface area contributed by atoms with Gasteiger partial charge in [0.15, 0.2) is 0 Å². The Morgan fingerprint density at radius 1 is 1.47 bits per heavy atom. The van der Waals surface area contributed by atoms with Gasteiger partial charge in [0.05, 0.1) is 6.10 Å². The lowest BCUT2D eigenvalue weighted by Crippen LogP contribution is -2.17. The van der Waals surface area contributed by atoms with Gasteiger partial charge in [0.2, 0.25) is 0 Å². The van der Waals surface area contributed by atoms with E-state index in [9.17, 15) is 0 Å². The molecule has 2 nitrogen and oxygen atoms in total. The van der Waals surface area contributed by atoms with Gasteiger partial charge in [-0.25, -0.2) is 0 Å². The van der Waals surface area contributed by atoms with Gasteiger partial charge in [0.1, 0.15) is 0 Å². The highest BCUT2D eigenvalue weighted by Crippen LogP contribution is 2.26. The first-order chi connectivity index (χ1) is 9.20. The van der Waals surface area contributed by atoms with Gasteiger partial charge in [0, 0.05) is 17.1 Å². The molecule has 1 fully saturated rings. The molecule has 0 amide bonds. The monoisotopic (exact) mass is 325 g/mol. The van der Waals surface area contributed by atoms with Crippen molar-refractivity contribution in [3.63, 3.8) is 0 Å². The maximum absolute atomic E-state index is 5.68. The number of hydrogen-bond donors (Lipinski definition) is 1. The molecule has 1 saturated heterocycles. The topological polar surface area (TPSA) is 21.3 Å². The molecule has 1 aromatic carbocycles. The minimum absolute atomic E-state index is 0.443. The Bertz CT molecular complexity index is 402. The van der Waals surface area contributed by atoms with Gasteiger partial charge in [-0.1, -0.05) is 28.1 Å². The molecule has 0 aliphatic carbocycles. The van der Waals surface area contributed by atoms with Gasteiger partial charge in [-0.05, 0) is 63.3 Å². The predicted octanol–water partition coefficient (Wildman–Crippen LogP) is 4.37. The van der Waals surface area contributed by atoms with Crippen LogP contribution in [0.25, 0.3) is 0 Å². The molecule has 0 bridgehead atoms. The maximum atomic E-state index is 5.68. The lowest BCUT2D eigenvalue weighted by Gasteiger charge is -2.18. The summed E-state index contributed by atoms with van der Waals surface area (Å²) in [5.41, 5.74) is 2.66. The summed E-state index contributed by atoms with van der Waals surface area (Å²) in [4.78, 5) is 0. The molecule has 1 aliphatic heterocycles. The van der Waals surface area contributed by atoms with Crippen LogP contribution < -0.4 is 5.32 Å². The number of nitrogens with one attached hydrogen (secondary N) is 1. The zero-order valence-corrected chi connectivity index (χ0v) is 13.5. The largest absolute Gasteiger partial charge is 0.378 e. The normalized spacial score (nSPS) is 20.7. The zero-order chi connectivity index (χ0) is 13.7. The maximum Gasteiger partial charge on any atom is 0.0576 e. The van der Waals surface area contributed by atoms with Gasteiger partial charge >= 0.3 is 0 Å². The fourth-order valence-electron chi connectivity index (χ4n) is 2.73. The molecule has 1 heterocycles. The van der Waals surface area contributed by atoms with Gasteiger partial charge in [-0.2, -0.15) is 0 Å². The number of aryl methyl sites for hydroxylation is 1. The molecule has 2 atom stereocenters. The number of rotatable bonds is 6. The summed E-state index contributed by atoms with van der Waals surface area (Å²) < 4.78 is 6.88. The van der Waals surface area contributed by atoms with Gasteiger partial charge in [0.25, 0.3) is 0 Å². The van der Waals surface area contributed by atoms with Crippen molar-refractivity contribution < 1.29 is 4.74 Å². The lowest BCUT2D eigenvalue weighted by molar-refractivity contribution is 0.101. The molecule has 106 valence electrons. The molecule has 1 aliphatic rings. The molecular weight excluding hydrogens is 302 g/mol. The van der Waals surface area contributed by atoms with Crippen LogP contribution in [0.4, 0.5) is 0 Å². The van der Waals surface area contributed by atoms with Crippen LogP contribution in [0.2, 0.25) is 0 Å². The minimum Gasteiger partial charge on any atom is -0.378 e. The van der Waals surface area contributed by atoms with Crippen LogP contribution in [-0.2, 0) is 4.74 Å². The summed E-state index contributed by atoms with van der Waals surface area (Å²) >= 11 is 3.62. The van der Waals surface area contributed by atoms with E-state index in [0.717, 1.165) is 6.61 Å². The standard InChI is InChI=1S/C16H24BrNO/c1-12-8-9-13(11-15(12)17)16(18-2)7-3-5-14-6-4-10-19-14/h8-9,11,14,16,18H,3-7,10H2,1-2H3. The van der Waals surface area contributed by atoms with Crippen molar-refractivity contribution in [1.29, 1.82) is 0 Å². The third-order valence-corrected chi connectivity index (χ3v) is 4.84. The SMILES string of the molecule is CNC(CCCC1CCCO1)c1ccc(C)c(Br)c1. The number of ether oxygens (including phenoxy) is 1. The molecule has 0 aromatic heterocycles. The summed E-state index contributed by atoms with van der Waals surface area (Å²) in [5, 5.41) is 3.43. The van der Waals surface area contributed by atoms with E-state index >= 15 is 0 Å². The highest BCUT2D eigenvalue weighted by atomic mass is 79.9. The Hall–Kier alpha value is -0.380. The lowest BCUT2D eigenvalue weighted by atomic mass is 9.98. The number of hydrogen-bond acceptors (Lipinski definition) is 2. The van der Waals surface area contributed by atoms with Crippen molar-refractivity contribution in [3.05, 3.63) is 33.8 Å². The molecule has 1 aromatic rings. The van der Waals surface area contributed by atoms with Crippen molar-refractivity contribution in [2.45, 2.75) is 51.2 Å². The smallest absolute Gasteiger partial charge is 0.0576 e. The Kier molecular flexibility index (Phi) is 5.86. The Morgan fingerprint density at radius 2 is 2.32 bits per heavy atom. The second kappa shape index (κ2) is 7.41. The first-order valence-electron chi connectivity index (χ1n) is 7.25. The predicted molar refractivity (Wildman–Crippen MR) is 83.5 cm³/mol. The van der Waals surface area contributed by atoms with Gasteiger partial charge in [-0.3, -0.25) is 0 Å². The van der Waals surface area contributed by atoms with Crippen molar-refractivity contribution >= 4 is 15.9 Å². The molecule has 1 N–H and O–H groups in total. The van der Waals surface area contributed by atoms with Crippen molar-refractivity contribution in [2.75, 3.05) is 13.7 Å². The van der Waals surface area contributed by atoms with E-state index in [-0.39, 0.29) is 0 Å². The quantitative estimate of drug-likeness (QED) is 0.838. The van der Waals surface area contributed by atoms with Crippen LogP contribution in [-0.4, -0.2) is 19.8 Å². The highest BCUT2D eigenvalue weighted by Gasteiger charge is 2.16. The van der Waals surface area contributed by atoms with E-state index in [0.29, 0.717) is 12.1 Å². The van der Waals surface area contributed by atoms with Crippen LogP contribution >= 0.6 is 15.9 Å². The third-order valence-electron chi connectivity index (χ3n) is 3.99. The molecule has 0 saturated carbocycles. The van der Waals surface area contributed by atoms with E-state index in [4.69, 9.17) is 4.74 Å². The summed E-state index contributed by atoms with van der Waals surface area (Å²) in [6.45, 7) is 3.09. The first kappa shape index (κ1) is 15.0. The van der Waals surface area contributed by atoms with Crippen molar-refractivity contribution in [2.24, 2.45) is 0 Å². The van der Waals surface area contributed by atoms with E-state index < -0.39 is 0 Å².